The Balaban J connectivity index is 1.00. The highest BCUT2D eigenvalue weighted by Crippen LogP contribution is 2.34. The maximum atomic E-state index is 13.2. The number of hydrogen-bond donors (Lipinski definition) is 3. The van der Waals surface area contributed by atoms with Crippen LogP contribution in [-0.4, -0.2) is 64.9 Å². The Hall–Kier alpha value is -3.07. The third kappa shape index (κ3) is 4.61. The fourth-order valence-corrected chi connectivity index (χ4v) is 6.13. The highest BCUT2D eigenvalue weighted by atomic mass is 16.2. The molecule has 2 aromatic rings. The molecule has 1 saturated carbocycles. The maximum absolute atomic E-state index is 13.2. The van der Waals surface area contributed by atoms with Crippen LogP contribution in [0.25, 0.3) is 17.2 Å². The molecule has 4 fully saturated rings. The lowest BCUT2D eigenvalue weighted by Gasteiger charge is -2.32. The number of rotatable bonds is 4. The van der Waals surface area contributed by atoms with Gasteiger partial charge in [-0.05, 0) is 37.0 Å². The average molecular weight is 473 g/mol. The molecule has 182 valence electrons. The first-order valence-electron chi connectivity index (χ1n) is 12.7. The normalized spacial score (nSPS) is 30.0. The first-order chi connectivity index (χ1) is 17.1. The van der Waals surface area contributed by atoms with Crippen molar-refractivity contribution in [1.82, 2.24) is 31.2 Å². The number of fused-ring (bicyclic) bond motifs is 2. The zero-order valence-electron chi connectivity index (χ0n) is 19.8. The molecule has 8 nitrogen and oxygen atoms in total. The van der Waals surface area contributed by atoms with Crippen LogP contribution >= 0.6 is 0 Å². The van der Waals surface area contributed by atoms with E-state index in [2.05, 4.69) is 38.4 Å². The summed E-state index contributed by atoms with van der Waals surface area (Å²) in [6.45, 7) is 2.99. The molecule has 1 aliphatic carbocycles. The molecule has 0 radical (unpaired) electrons. The SMILES string of the molecule is O=C(/C=C/c1ccc(-c2ccccc2)cn1)N1C[C@@H]2CN(C(=O)C3CCC4NNNC4C3)C[C@H]2C1. The summed E-state index contributed by atoms with van der Waals surface area (Å²) in [6.07, 6.45) is 8.10. The fourth-order valence-electron chi connectivity index (χ4n) is 6.13. The lowest BCUT2D eigenvalue weighted by Crippen LogP contribution is -2.45. The van der Waals surface area contributed by atoms with Gasteiger partial charge in [0, 0.05) is 73.9 Å². The van der Waals surface area contributed by atoms with Crippen molar-refractivity contribution in [3.05, 3.63) is 60.4 Å². The predicted octanol–water partition coefficient (Wildman–Crippen LogP) is 1.83. The summed E-state index contributed by atoms with van der Waals surface area (Å²) in [4.78, 5) is 34.5. The Labute approximate surface area is 205 Å². The number of benzene rings is 1. The van der Waals surface area contributed by atoms with E-state index in [4.69, 9.17) is 0 Å². The minimum Gasteiger partial charge on any atom is -0.342 e. The largest absolute Gasteiger partial charge is 0.342 e. The molecule has 0 bridgehead atoms. The summed E-state index contributed by atoms with van der Waals surface area (Å²) in [5.74, 6) is 1.18. The minimum atomic E-state index is 0.0249. The molecule has 3 saturated heterocycles. The molecule has 3 unspecified atom stereocenters. The van der Waals surface area contributed by atoms with Crippen LogP contribution in [0.3, 0.4) is 0 Å². The lowest BCUT2D eigenvalue weighted by molar-refractivity contribution is -0.136. The Bertz CT molecular complexity index is 1090. The zero-order chi connectivity index (χ0) is 23.8. The van der Waals surface area contributed by atoms with E-state index in [0.717, 1.165) is 62.3 Å². The highest BCUT2D eigenvalue weighted by molar-refractivity contribution is 5.92. The first-order valence-corrected chi connectivity index (χ1v) is 12.7. The van der Waals surface area contributed by atoms with Crippen LogP contribution in [0, 0.1) is 17.8 Å². The van der Waals surface area contributed by atoms with Gasteiger partial charge < -0.3 is 9.80 Å². The van der Waals surface area contributed by atoms with Gasteiger partial charge in [-0.3, -0.25) is 14.6 Å². The van der Waals surface area contributed by atoms with Crippen molar-refractivity contribution in [2.45, 2.75) is 31.3 Å². The van der Waals surface area contributed by atoms with Gasteiger partial charge in [0.25, 0.3) is 0 Å². The van der Waals surface area contributed by atoms with Gasteiger partial charge in [0.15, 0.2) is 0 Å². The van der Waals surface area contributed by atoms with Gasteiger partial charge in [-0.2, -0.15) is 5.53 Å². The third-order valence-electron chi connectivity index (χ3n) is 8.11. The Morgan fingerprint density at radius 2 is 1.60 bits per heavy atom. The second-order valence-electron chi connectivity index (χ2n) is 10.3. The van der Waals surface area contributed by atoms with Crippen LogP contribution in [0.2, 0.25) is 0 Å². The number of aromatic nitrogens is 1. The highest BCUT2D eigenvalue weighted by Gasteiger charge is 2.45. The molecule has 6 rings (SSSR count). The Kier molecular flexibility index (Phi) is 6.10. The molecular weight excluding hydrogens is 440 g/mol. The maximum Gasteiger partial charge on any atom is 0.246 e. The summed E-state index contributed by atoms with van der Waals surface area (Å²) in [7, 11) is 0. The Morgan fingerprint density at radius 3 is 2.34 bits per heavy atom. The van der Waals surface area contributed by atoms with Crippen LogP contribution < -0.4 is 16.4 Å². The van der Waals surface area contributed by atoms with Crippen LogP contribution in [0.1, 0.15) is 25.0 Å². The van der Waals surface area contributed by atoms with Gasteiger partial charge in [0.2, 0.25) is 11.8 Å². The standard InChI is InChI=1S/C27H32N6O2/c34-26(11-9-23-8-6-20(13-28-23)18-4-2-1-3-5-18)32-14-21-16-33(17-22(21)15-32)27(35)19-7-10-24-25(12-19)30-31-29-24/h1-6,8-9,11,13,19,21-22,24-25,29-31H,7,10,12,14-17H2/b11-9+/t19?,21-,22-,24?,25?/m1/s1. The summed E-state index contributed by atoms with van der Waals surface area (Å²) >= 11 is 0. The number of hydrazine groups is 2. The van der Waals surface area contributed by atoms with E-state index in [0.29, 0.717) is 29.8 Å². The van der Waals surface area contributed by atoms with E-state index in [-0.39, 0.29) is 11.8 Å². The number of nitrogens with one attached hydrogen (secondary N) is 3. The van der Waals surface area contributed by atoms with Gasteiger partial charge in [-0.15, -0.1) is 0 Å². The number of pyridine rings is 1. The van der Waals surface area contributed by atoms with E-state index in [1.807, 2.05) is 41.4 Å². The average Bonchev–Trinajstić information content (AvgIpc) is 3.62. The van der Waals surface area contributed by atoms with Crippen molar-refractivity contribution in [3.8, 4) is 11.1 Å². The summed E-state index contributed by atoms with van der Waals surface area (Å²) in [5.41, 5.74) is 12.4. The first kappa shape index (κ1) is 22.4. The Morgan fingerprint density at radius 1 is 0.857 bits per heavy atom. The van der Waals surface area contributed by atoms with Crippen LogP contribution in [0.15, 0.2) is 54.7 Å². The summed E-state index contributed by atoms with van der Waals surface area (Å²) in [5, 5.41) is 0. The molecule has 4 aliphatic rings. The molecule has 2 amide bonds. The van der Waals surface area contributed by atoms with E-state index < -0.39 is 0 Å². The molecule has 8 heteroatoms. The molecular formula is C27H32N6O2. The lowest BCUT2D eigenvalue weighted by atomic mass is 9.82. The molecule has 0 spiro atoms. The van der Waals surface area contributed by atoms with Gasteiger partial charge in [0.1, 0.15) is 0 Å². The molecule has 3 aliphatic heterocycles. The number of carbonyl (C=O) groups excluding carboxylic acids is 2. The summed E-state index contributed by atoms with van der Waals surface area (Å²) < 4.78 is 0. The van der Waals surface area contributed by atoms with E-state index >= 15 is 0 Å². The second-order valence-corrected chi connectivity index (χ2v) is 10.3. The monoisotopic (exact) mass is 472 g/mol. The molecule has 5 atom stereocenters. The topological polar surface area (TPSA) is 89.6 Å². The van der Waals surface area contributed by atoms with Crippen molar-refractivity contribution >= 4 is 17.9 Å². The van der Waals surface area contributed by atoms with Crippen LogP contribution in [0.4, 0.5) is 0 Å². The summed E-state index contributed by atoms with van der Waals surface area (Å²) in [6, 6.07) is 14.8. The van der Waals surface area contributed by atoms with Crippen molar-refractivity contribution in [3.63, 3.8) is 0 Å². The smallest absolute Gasteiger partial charge is 0.246 e. The van der Waals surface area contributed by atoms with Crippen molar-refractivity contribution in [2.75, 3.05) is 26.2 Å². The van der Waals surface area contributed by atoms with Crippen LogP contribution in [-0.2, 0) is 9.59 Å². The molecule has 1 aromatic carbocycles. The number of nitrogens with zero attached hydrogens (tertiary/aromatic N) is 3. The third-order valence-corrected chi connectivity index (χ3v) is 8.11. The van der Waals surface area contributed by atoms with Crippen molar-refractivity contribution < 1.29 is 9.59 Å². The second kappa shape index (κ2) is 9.53. The number of carbonyl (C=O) groups is 2. The van der Waals surface area contributed by atoms with Gasteiger partial charge >= 0.3 is 0 Å². The molecule has 1 aromatic heterocycles. The van der Waals surface area contributed by atoms with E-state index in [1.54, 1.807) is 12.2 Å². The van der Waals surface area contributed by atoms with Gasteiger partial charge in [0.05, 0.1) is 5.69 Å². The molecule has 4 heterocycles. The van der Waals surface area contributed by atoms with Crippen molar-refractivity contribution in [2.24, 2.45) is 17.8 Å². The number of hydrogen-bond acceptors (Lipinski definition) is 6. The molecule has 3 N–H and O–H groups in total. The van der Waals surface area contributed by atoms with E-state index in [9.17, 15) is 9.59 Å². The van der Waals surface area contributed by atoms with E-state index in [1.165, 1.54) is 0 Å². The molecule has 35 heavy (non-hydrogen) atoms. The quantitative estimate of drug-likeness (QED) is 0.589. The van der Waals surface area contributed by atoms with Gasteiger partial charge in [-0.1, -0.05) is 36.4 Å². The van der Waals surface area contributed by atoms with Crippen LogP contribution in [0.5, 0.6) is 0 Å². The minimum absolute atomic E-state index is 0.0249. The van der Waals surface area contributed by atoms with Gasteiger partial charge in [-0.25, -0.2) is 10.9 Å². The fraction of sp³-hybridized carbons (Fsp3) is 0.444. The zero-order valence-corrected chi connectivity index (χ0v) is 19.8. The van der Waals surface area contributed by atoms with Crippen molar-refractivity contribution in [1.29, 1.82) is 0 Å². The number of likely N-dealkylation sites (tertiary alicyclic amines) is 2. The number of amides is 2. The predicted molar refractivity (Wildman–Crippen MR) is 133 cm³/mol.